The first-order valence-corrected chi connectivity index (χ1v) is 7.75. The Balaban J connectivity index is 1.66. The highest BCUT2D eigenvalue weighted by atomic mass is 32.1. The lowest BCUT2D eigenvalue weighted by molar-refractivity contribution is 0.0697. The highest BCUT2D eigenvalue weighted by Gasteiger charge is 2.04. The largest absolute Gasteiger partial charge is 0.492 e. The standard InChI is InChI=1S/C16H19NO3S/c1-12(11-15-3-2-10-21-15)17-8-9-20-14-6-4-13(5-7-14)16(18)19/h2-7,10,12,17H,8-9,11H2,1H3,(H,18,19). The number of hydrogen-bond acceptors (Lipinski definition) is 4. The first-order valence-electron chi connectivity index (χ1n) is 6.87. The molecule has 1 atom stereocenters. The SMILES string of the molecule is CC(Cc1cccs1)NCCOc1ccc(C(=O)O)cc1. The maximum atomic E-state index is 10.7. The number of carboxylic acids is 1. The monoisotopic (exact) mass is 305 g/mol. The van der Waals surface area contributed by atoms with Crippen LogP contribution in [0.4, 0.5) is 0 Å². The van der Waals surface area contributed by atoms with Crippen molar-refractivity contribution in [2.45, 2.75) is 19.4 Å². The van der Waals surface area contributed by atoms with E-state index in [0.29, 0.717) is 18.4 Å². The molecule has 0 aliphatic rings. The van der Waals surface area contributed by atoms with Crippen LogP contribution in [0.15, 0.2) is 41.8 Å². The van der Waals surface area contributed by atoms with Crippen molar-refractivity contribution >= 4 is 17.3 Å². The number of hydrogen-bond donors (Lipinski definition) is 2. The molecule has 2 aromatic rings. The minimum atomic E-state index is -0.925. The maximum Gasteiger partial charge on any atom is 0.335 e. The van der Waals surface area contributed by atoms with Crippen molar-refractivity contribution in [3.05, 3.63) is 52.2 Å². The quantitative estimate of drug-likeness (QED) is 0.736. The van der Waals surface area contributed by atoms with Gasteiger partial charge >= 0.3 is 5.97 Å². The second kappa shape index (κ2) is 7.81. The molecule has 5 heteroatoms. The lowest BCUT2D eigenvalue weighted by atomic mass is 10.2. The molecule has 0 radical (unpaired) electrons. The molecule has 0 spiro atoms. The molecule has 1 aromatic heterocycles. The smallest absolute Gasteiger partial charge is 0.335 e. The number of benzene rings is 1. The Morgan fingerprint density at radius 3 is 2.71 bits per heavy atom. The highest BCUT2D eigenvalue weighted by molar-refractivity contribution is 7.09. The minimum absolute atomic E-state index is 0.269. The average Bonchev–Trinajstić information content (AvgIpc) is 2.97. The second-order valence-electron chi connectivity index (χ2n) is 4.82. The van der Waals surface area contributed by atoms with Crippen LogP contribution in [0.5, 0.6) is 5.75 Å². The van der Waals surface area contributed by atoms with Crippen molar-refractivity contribution in [2.24, 2.45) is 0 Å². The molecular formula is C16H19NO3S. The van der Waals surface area contributed by atoms with Crippen molar-refractivity contribution < 1.29 is 14.6 Å². The van der Waals surface area contributed by atoms with Crippen LogP contribution in [0.1, 0.15) is 22.2 Å². The van der Waals surface area contributed by atoms with Gasteiger partial charge in [0.15, 0.2) is 0 Å². The van der Waals surface area contributed by atoms with Crippen LogP contribution in [0, 0.1) is 0 Å². The molecule has 1 heterocycles. The summed E-state index contributed by atoms with van der Waals surface area (Å²) in [5.41, 5.74) is 0.269. The molecule has 21 heavy (non-hydrogen) atoms. The van der Waals surface area contributed by atoms with E-state index in [1.165, 1.54) is 4.88 Å². The molecule has 0 fully saturated rings. The van der Waals surface area contributed by atoms with E-state index >= 15 is 0 Å². The van der Waals surface area contributed by atoms with E-state index in [-0.39, 0.29) is 5.56 Å². The highest BCUT2D eigenvalue weighted by Crippen LogP contribution is 2.12. The number of ether oxygens (including phenoxy) is 1. The van der Waals surface area contributed by atoms with Crippen LogP contribution in [-0.2, 0) is 6.42 Å². The molecule has 112 valence electrons. The average molecular weight is 305 g/mol. The Labute approximate surface area is 128 Å². The summed E-state index contributed by atoms with van der Waals surface area (Å²) in [7, 11) is 0. The summed E-state index contributed by atoms with van der Waals surface area (Å²) in [6.07, 6.45) is 1.02. The number of nitrogens with one attached hydrogen (secondary N) is 1. The van der Waals surface area contributed by atoms with E-state index in [2.05, 4.69) is 29.8 Å². The Bertz CT molecular complexity index is 551. The summed E-state index contributed by atoms with van der Waals surface area (Å²) in [5.74, 6) is -0.238. The van der Waals surface area contributed by atoms with Gasteiger partial charge in [0.05, 0.1) is 5.56 Å². The first kappa shape index (κ1) is 15.5. The van der Waals surface area contributed by atoms with Gasteiger partial charge in [-0.25, -0.2) is 4.79 Å². The third-order valence-electron chi connectivity index (χ3n) is 3.05. The van der Waals surface area contributed by atoms with E-state index in [9.17, 15) is 4.79 Å². The van der Waals surface area contributed by atoms with Crippen LogP contribution < -0.4 is 10.1 Å². The van der Waals surface area contributed by atoms with Gasteiger partial charge in [0.1, 0.15) is 12.4 Å². The summed E-state index contributed by atoms with van der Waals surface area (Å²) in [5, 5.41) is 14.3. The van der Waals surface area contributed by atoms with Crippen molar-refractivity contribution in [2.75, 3.05) is 13.2 Å². The molecule has 1 aromatic carbocycles. The summed E-state index contributed by atoms with van der Waals surface area (Å²) < 4.78 is 5.57. The number of carboxylic acid groups (broad SMARTS) is 1. The molecule has 0 saturated carbocycles. The fourth-order valence-electron chi connectivity index (χ4n) is 1.97. The van der Waals surface area contributed by atoms with Crippen molar-refractivity contribution in [3.63, 3.8) is 0 Å². The van der Waals surface area contributed by atoms with Gasteiger partial charge in [-0.1, -0.05) is 6.07 Å². The maximum absolute atomic E-state index is 10.7. The molecule has 2 rings (SSSR count). The third-order valence-corrected chi connectivity index (χ3v) is 3.95. The molecule has 0 aliphatic carbocycles. The van der Waals surface area contributed by atoms with Gasteiger partial charge in [0.2, 0.25) is 0 Å². The molecule has 4 nitrogen and oxygen atoms in total. The third kappa shape index (κ3) is 5.21. The number of thiophene rings is 1. The zero-order valence-corrected chi connectivity index (χ0v) is 12.7. The van der Waals surface area contributed by atoms with Crippen molar-refractivity contribution in [1.29, 1.82) is 0 Å². The van der Waals surface area contributed by atoms with Crippen LogP contribution in [0.25, 0.3) is 0 Å². The predicted octanol–water partition coefficient (Wildman–Crippen LogP) is 3.05. The minimum Gasteiger partial charge on any atom is -0.492 e. The van der Waals surface area contributed by atoms with E-state index in [4.69, 9.17) is 9.84 Å². The van der Waals surface area contributed by atoms with Crippen LogP contribution in [0.2, 0.25) is 0 Å². The fraction of sp³-hybridized carbons (Fsp3) is 0.312. The molecule has 1 unspecified atom stereocenters. The van der Waals surface area contributed by atoms with Gasteiger partial charge in [-0.3, -0.25) is 0 Å². The second-order valence-corrected chi connectivity index (χ2v) is 5.85. The Kier molecular flexibility index (Phi) is 5.78. The van der Waals surface area contributed by atoms with Crippen LogP contribution in [-0.4, -0.2) is 30.3 Å². The molecule has 0 amide bonds. The summed E-state index contributed by atoms with van der Waals surface area (Å²) in [4.78, 5) is 12.1. The van der Waals surface area contributed by atoms with E-state index in [1.54, 1.807) is 35.6 Å². The molecule has 0 aliphatic heterocycles. The zero-order valence-electron chi connectivity index (χ0n) is 11.9. The van der Waals surface area contributed by atoms with Crippen molar-refractivity contribution in [1.82, 2.24) is 5.32 Å². The van der Waals surface area contributed by atoms with Gasteiger partial charge < -0.3 is 15.2 Å². The number of rotatable bonds is 8. The van der Waals surface area contributed by atoms with Gasteiger partial charge in [0, 0.05) is 17.5 Å². The lowest BCUT2D eigenvalue weighted by Crippen LogP contribution is -2.31. The van der Waals surface area contributed by atoms with E-state index in [0.717, 1.165) is 13.0 Å². The summed E-state index contributed by atoms with van der Waals surface area (Å²) >= 11 is 1.77. The number of aromatic carboxylic acids is 1. The molecule has 2 N–H and O–H groups in total. The van der Waals surface area contributed by atoms with Gasteiger partial charge in [-0.2, -0.15) is 0 Å². The van der Waals surface area contributed by atoms with Crippen molar-refractivity contribution in [3.8, 4) is 5.75 Å². The van der Waals surface area contributed by atoms with Gasteiger partial charge in [-0.15, -0.1) is 11.3 Å². The summed E-state index contributed by atoms with van der Waals surface area (Å²) in [6.45, 7) is 3.47. The lowest BCUT2D eigenvalue weighted by Gasteiger charge is -2.13. The predicted molar refractivity (Wildman–Crippen MR) is 84.4 cm³/mol. The van der Waals surface area contributed by atoms with Crippen LogP contribution in [0.3, 0.4) is 0 Å². The van der Waals surface area contributed by atoms with Gasteiger partial charge in [-0.05, 0) is 49.1 Å². The normalized spacial score (nSPS) is 12.0. The van der Waals surface area contributed by atoms with Gasteiger partial charge in [0.25, 0.3) is 0 Å². The van der Waals surface area contributed by atoms with E-state index < -0.39 is 5.97 Å². The summed E-state index contributed by atoms with van der Waals surface area (Å²) in [6, 6.07) is 11.1. The molecule has 0 bridgehead atoms. The molecular weight excluding hydrogens is 286 g/mol. The Morgan fingerprint density at radius 1 is 1.33 bits per heavy atom. The Hall–Kier alpha value is -1.85. The fourth-order valence-corrected chi connectivity index (χ4v) is 2.81. The van der Waals surface area contributed by atoms with E-state index in [1.807, 2.05) is 0 Å². The topological polar surface area (TPSA) is 58.6 Å². The number of carbonyl (C=O) groups is 1. The molecule has 0 saturated heterocycles. The Morgan fingerprint density at radius 2 is 2.10 bits per heavy atom. The zero-order chi connectivity index (χ0) is 15.1. The van der Waals surface area contributed by atoms with Crippen LogP contribution >= 0.6 is 11.3 Å². The first-order chi connectivity index (χ1) is 10.1.